The summed E-state index contributed by atoms with van der Waals surface area (Å²) in [6.07, 6.45) is 14.7. The second kappa shape index (κ2) is 16.2. The molecule has 0 amide bonds. The maximum atomic E-state index is 10.0. The molecule has 2 aliphatic rings. The smallest absolute Gasteiger partial charge is 0.270 e. The molecule has 0 radical (unpaired) electrons. The monoisotopic (exact) mass is 595 g/mol. The van der Waals surface area contributed by atoms with Gasteiger partial charge in [-0.1, -0.05) is 85.0 Å². The highest BCUT2D eigenvalue weighted by atomic mass is 15.2. The van der Waals surface area contributed by atoms with Gasteiger partial charge in [-0.2, -0.15) is 15.8 Å². The van der Waals surface area contributed by atoms with Gasteiger partial charge in [0.25, 0.3) is 5.70 Å². The van der Waals surface area contributed by atoms with Crippen LogP contribution in [0.15, 0.2) is 136 Å². The van der Waals surface area contributed by atoms with E-state index in [1.807, 2.05) is 54.6 Å². The number of hydrogen-bond acceptors (Lipinski definition) is 6. The minimum absolute atomic E-state index is 0.0145. The van der Waals surface area contributed by atoms with Gasteiger partial charge in [0.15, 0.2) is 0 Å². The average Bonchev–Trinajstić information content (AvgIpc) is 3.78. The SMILES string of the molecule is [C-]#[N+]/C(C#N)=C(/C(C#N)=C/C=C/C1=C(N2CCCC2)C(=C/C=C/C(C#N)=C(/C(=C=N)C#N)c2ccccc2)/CC1)c1ccccc1. The lowest BCUT2D eigenvalue weighted by Crippen LogP contribution is -2.19. The van der Waals surface area contributed by atoms with Crippen LogP contribution in [0.4, 0.5) is 0 Å². The Kier molecular flexibility index (Phi) is 11.4. The Morgan fingerprint density at radius 2 is 1.46 bits per heavy atom. The van der Waals surface area contributed by atoms with Gasteiger partial charge in [0.05, 0.1) is 35.9 Å². The van der Waals surface area contributed by atoms with Crippen molar-refractivity contribution >= 4 is 17.0 Å². The molecule has 2 aromatic carbocycles. The summed E-state index contributed by atoms with van der Waals surface area (Å²) in [4.78, 5) is 5.74. The van der Waals surface area contributed by atoms with E-state index in [1.54, 1.807) is 54.6 Å². The molecule has 0 bridgehead atoms. The van der Waals surface area contributed by atoms with Gasteiger partial charge >= 0.3 is 0 Å². The molecule has 220 valence electrons. The summed E-state index contributed by atoms with van der Waals surface area (Å²) in [7, 11) is 0. The van der Waals surface area contributed by atoms with Gasteiger partial charge in [-0.15, -0.1) is 0 Å². The Balaban J connectivity index is 1.73. The lowest BCUT2D eigenvalue weighted by molar-refractivity contribution is 0.434. The van der Waals surface area contributed by atoms with Gasteiger partial charge in [0.1, 0.15) is 11.6 Å². The second-order valence-corrected chi connectivity index (χ2v) is 10.4. The Hall–Kier alpha value is -6.68. The molecule has 0 spiro atoms. The standard InChI is InChI=1S/C39H29N7/c1-45-36(28-44)38(30-14-6-3-7-15-30)34(25-41)19-11-17-32-21-20-31(39(32)46-22-8-9-23-46)16-10-18-33(24-40)37(35(26-42)27-43)29-12-4-2-5-13-29/h2-7,10-19,42H,8-9,20-23H2/b17-11+,18-10+,31-16+,34-19+,37-33-,38-36+. The predicted molar refractivity (Wildman–Crippen MR) is 179 cm³/mol. The molecule has 2 aromatic rings. The summed E-state index contributed by atoms with van der Waals surface area (Å²) in [5.41, 5.74) is 5.67. The summed E-state index contributed by atoms with van der Waals surface area (Å²) >= 11 is 0. The molecule has 1 aliphatic carbocycles. The number of rotatable bonds is 9. The van der Waals surface area contributed by atoms with Crippen LogP contribution in [-0.4, -0.2) is 23.9 Å². The molecule has 1 N–H and O–H groups in total. The Morgan fingerprint density at radius 3 is 2.00 bits per heavy atom. The van der Waals surface area contributed by atoms with Crippen molar-refractivity contribution < 1.29 is 0 Å². The molecule has 46 heavy (non-hydrogen) atoms. The molecule has 1 saturated heterocycles. The average molecular weight is 596 g/mol. The first kappa shape index (κ1) is 32.2. The third kappa shape index (κ3) is 7.44. The molecule has 1 heterocycles. The highest BCUT2D eigenvalue weighted by Gasteiger charge is 2.25. The van der Waals surface area contributed by atoms with Crippen LogP contribution in [0.5, 0.6) is 0 Å². The van der Waals surface area contributed by atoms with Crippen molar-refractivity contribution in [2.75, 3.05) is 13.1 Å². The maximum Gasteiger partial charge on any atom is 0.270 e. The van der Waals surface area contributed by atoms with Crippen molar-refractivity contribution in [1.29, 1.82) is 26.5 Å². The summed E-state index contributed by atoms with van der Waals surface area (Å²) < 4.78 is 0. The minimum atomic E-state index is -0.138. The van der Waals surface area contributed by atoms with Crippen LogP contribution in [0.1, 0.15) is 36.8 Å². The van der Waals surface area contributed by atoms with Crippen molar-refractivity contribution in [2.45, 2.75) is 25.7 Å². The molecule has 0 atom stereocenters. The van der Waals surface area contributed by atoms with E-state index in [0.29, 0.717) is 22.3 Å². The van der Waals surface area contributed by atoms with Crippen LogP contribution in [0.3, 0.4) is 0 Å². The van der Waals surface area contributed by atoms with Gasteiger partial charge < -0.3 is 4.90 Å². The molecule has 4 rings (SSSR count). The van der Waals surface area contributed by atoms with Crippen LogP contribution < -0.4 is 0 Å². The van der Waals surface area contributed by atoms with E-state index in [9.17, 15) is 21.0 Å². The first-order chi connectivity index (χ1) is 22.6. The van der Waals surface area contributed by atoms with Crippen LogP contribution >= 0.6 is 0 Å². The topological polar surface area (TPSA) is 127 Å². The summed E-state index contributed by atoms with van der Waals surface area (Å²) in [6.45, 7) is 9.35. The van der Waals surface area contributed by atoms with Crippen LogP contribution in [0, 0.1) is 57.3 Å². The molecular weight excluding hydrogens is 566 g/mol. The fraction of sp³-hybridized carbons (Fsp3) is 0.154. The Bertz CT molecular complexity index is 1950. The third-order valence-corrected chi connectivity index (χ3v) is 7.66. The van der Waals surface area contributed by atoms with E-state index in [1.165, 1.54) is 0 Å². The number of benzene rings is 2. The van der Waals surface area contributed by atoms with E-state index >= 15 is 0 Å². The third-order valence-electron chi connectivity index (χ3n) is 7.66. The molecule has 0 aromatic heterocycles. The highest BCUT2D eigenvalue weighted by Crippen LogP contribution is 2.37. The maximum absolute atomic E-state index is 10.0. The zero-order valence-electron chi connectivity index (χ0n) is 25.2. The minimum Gasteiger partial charge on any atom is -0.371 e. The van der Waals surface area contributed by atoms with Crippen molar-refractivity contribution in [2.24, 2.45) is 0 Å². The van der Waals surface area contributed by atoms with Crippen LogP contribution in [0.25, 0.3) is 16.0 Å². The van der Waals surface area contributed by atoms with Gasteiger partial charge in [-0.3, -0.25) is 5.41 Å². The lowest BCUT2D eigenvalue weighted by Gasteiger charge is -2.22. The zero-order chi connectivity index (χ0) is 32.7. The largest absolute Gasteiger partial charge is 0.371 e. The molecule has 0 saturated carbocycles. The Morgan fingerprint density at radius 1 is 0.804 bits per heavy atom. The molecular formula is C39H29N7. The number of nitrogens with one attached hydrogen (secondary N) is 1. The number of hydrogen-bond donors (Lipinski definition) is 1. The fourth-order valence-electron chi connectivity index (χ4n) is 5.60. The second-order valence-electron chi connectivity index (χ2n) is 10.4. The van der Waals surface area contributed by atoms with Crippen LogP contribution in [-0.2, 0) is 0 Å². The van der Waals surface area contributed by atoms with Crippen LogP contribution in [0.2, 0.25) is 0 Å². The molecule has 0 unspecified atom stereocenters. The highest BCUT2D eigenvalue weighted by molar-refractivity contribution is 5.95. The van der Waals surface area contributed by atoms with Crippen molar-refractivity contribution in [3.63, 3.8) is 0 Å². The summed E-state index contributed by atoms with van der Waals surface area (Å²) in [6, 6.07) is 26.4. The van der Waals surface area contributed by atoms with Crippen molar-refractivity contribution in [3.8, 4) is 24.3 Å². The number of allylic oxidation sites excluding steroid dienone is 14. The van der Waals surface area contributed by atoms with E-state index in [0.717, 1.165) is 55.6 Å². The molecule has 1 fully saturated rings. The molecule has 1 aliphatic heterocycles. The van der Waals surface area contributed by atoms with E-state index in [2.05, 4.69) is 27.8 Å². The fourth-order valence-corrected chi connectivity index (χ4v) is 5.60. The first-order valence-corrected chi connectivity index (χ1v) is 14.7. The van der Waals surface area contributed by atoms with E-state index in [-0.39, 0.29) is 22.4 Å². The van der Waals surface area contributed by atoms with E-state index in [4.69, 9.17) is 12.0 Å². The first-order valence-electron chi connectivity index (χ1n) is 14.7. The predicted octanol–water partition coefficient (Wildman–Crippen LogP) is 8.15. The van der Waals surface area contributed by atoms with Gasteiger partial charge in [-0.25, -0.2) is 10.1 Å². The van der Waals surface area contributed by atoms with E-state index < -0.39 is 0 Å². The van der Waals surface area contributed by atoms with Gasteiger partial charge in [-0.05, 0) is 66.0 Å². The normalized spacial score (nSPS) is 16.6. The van der Waals surface area contributed by atoms with Gasteiger partial charge in [0, 0.05) is 29.9 Å². The van der Waals surface area contributed by atoms with Gasteiger partial charge in [0.2, 0.25) is 0 Å². The lowest BCUT2D eigenvalue weighted by atomic mass is 9.94. The van der Waals surface area contributed by atoms with Crippen molar-refractivity contribution in [1.82, 2.24) is 4.90 Å². The zero-order valence-corrected chi connectivity index (χ0v) is 25.2. The Labute approximate surface area is 269 Å². The quantitative estimate of drug-likeness (QED) is 0.135. The number of nitriles is 4. The van der Waals surface area contributed by atoms with Crippen molar-refractivity contribution in [3.05, 3.63) is 159 Å². The number of nitrogens with zero attached hydrogens (tertiary/aromatic N) is 6. The summed E-state index contributed by atoms with van der Waals surface area (Å²) in [5, 5.41) is 46.8. The summed E-state index contributed by atoms with van der Waals surface area (Å²) in [5.74, 6) is 2.17. The number of likely N-dealkylation sites (tertiary alicyclic amines) is 1. The molecule has 7 nitrogen and oxygen atoms in total. The molecule has 7 heteroatoms.